The Bertz CT molecular complexity index is 403. The summed E-state index contributed by atoms with van der Waals surface area (Å²) in [6, 6.07) is -0.841. The fourth-order valence-electron chi connectivity index (χ4n) is 1.86. The first-order chi connectivity index (χ1) is 7.49. The van der Waals surface area contributed by atoms with Crippen LogP contribution in [0.1, 0.15) is 0 Å². The summed E-state index contributed by atoms with van der Waals surface area (Å²) in [7, 11) is 0. The van der Waals surface area contributed by atoms with Crippen molar-refractivity contribution in [1.29, 1.82) is 0 Å². The third-order valence-electron chi connectivity index (χ3n) is 2.61. The van der Waals surface area contributed by atoms with E-state index in [1.807, 2.05) is 0 Å². The molecule has 2 rings (SSSR count). The number of nitrogens with two attached hydrogens (primary N) is 1. The van der Waals surface area contributed by atoms with Crippen LogP contribution in [0.2, 0.25) is 0 Å². The summed E-state index contributed by atoms with van der Waals surface area (Å²) < 4.78 is 11.7. The molecule has 0 spiro atoms. The molecule has 0 aromatic rings. The van der Waals surface area contributed by atoms with E-state index in [0.717, 1.165) is 4.90 Å². The van der Waals surface area contributed by atoms with E-state index in [0.29, 0.717) is 5.57 Å². The second-order valence-corrected chi connectivity index (χ2v) is 5.63. The van der Waals surface area contributed by atoms with Gasteiger partial charge in [0.1, 0.15) is 11.4 Å². The van der Waals surface area contributed by atoms with E-state index >= 15 is 0 Å². The molecule has 3 atom stereocenters. The monoisotopic (exact) mass is 388 g/mol. The van der Waals surface area contributed by atoms with Crippen molar-refractivity contribution in [1.82, 2.24) is 4.90 Å². The number of aliphatic carboxylic acids is 1. The average Bonchev–Trinajstić information content (AvgIpc) is 2.25. The molecule has 1 unspecified atom stereocenters. The zero-order valence-electron chi connectivity index (χ0n) is 8.46. The highest BCUT2D eigenvalue weighted by Crippen LogP contribution is 2.36. The SMILES string of the molecule is Br.N[C@@H]1C(=O)N2C(C(=O)O)=C(CBr)C[S+]([O-])[C@H]12. The highest BCUT2D eigenvalue weighted by molar-refractivity contribution is 9.09. The van der Waals surface area contributed by atoms with Crippen LogP contribution in [-0.4, -0.2) is 48.9 Å². The maximum Gasteiger partial charge on any atom is 0.352 e. The standard InChI is InChI=1S/C8H9BrN2O4S.BrH/c9-1-3-2-16(15)7-4(10)6(12)11(7)5(3)8(13)14;/h4,7H,1-2,10H2,(H,13,14);1H/t4-,7-,16?;/m1./s1. The molecule has 0 aromatic carbocycles. The van der Waals surface area contributed by atoms with Crippen LogP contribution in [0.15, 0.2) is 11.3 Å². The Labute approximate surface area is 119 Å². The number of rotatable bonds is 2. The number of carboxylic acids is 1. The number of nitrogens with zero attached hydrogens (tertiary/aromatic N) is 1. The normalized spacial score (nSPS) is 31.6. The maximum absolute atomic E-state index is 11.7. The lowest BCUT2D eigenvalue weighted by atomic mass is 10.0. The lowest BCUT2D eigenvalue weighted by molar-refractivity contribution is -0.148. The third kappa shape index (κ3) is 2.14. The van der Waals surface area contributed by atoms with Crippen LogP contribution in [0, 0.1) is 0 Å². The number of alkyl halides is 1. The molecule has 1 amide bonds. The number of carbonyl (C=O) groups excluding carboxylic acids is 1. The number of β-lactam (4-membered cyclic amide) rings is 1. The molecular formula is C8H10Br2N2O4S. The predicted octanol–water partition coefficient (Wildman–Crippen LogP) is -0.444. The first kappa shape index (κ1) is 15.0. The minimum atomic E-state index is -1.32. The minimum absolute atomic E-state index is 0. The number of hydrogen-bond acceptors (Lipinski definition) is 4. The van der Waals surface area contributed by atoms with Gasteiger partial charge in [-0.15, -0.1) is 17.0 Å². The Morgan fingerprint density at radius 3 is 2.76 bits per heavy atom. The van der Waals surface area contributed by atoms with E-state index in [1.165, 1.54) is 0 Å². The number of fused-ring (bicyclic) bond motifs is 1. The Hall–Kier alpha value is -0.0900. The third-order valence-corrected chi connectivity index (χ3v) is 4.96. The van der Waals surface area contributed by atoms with Crippen LogP contribution in [0.25, 0.3) is 0 Å². The van der Waals surface area contributed by atoms with Gasteiger partial charge in [0, 0.05) is 10.9 Å². The van der Waals surface area contributed by atoms with Crippen molar-refractivity contribution in [2.24, 2.45) is 5.73 Å². The Morgan fingerprint density at radius 2 is 2.29 bits per heavy atom. The highest BCUT2D eigenvalue weighted by Gasteiger charge is 2.58. The number of carbonyl (C=O) groups is 2. The molecule has 0 radical (unpaired) electrons. The summed E-state index contributed by atoms with van der Waals surface area (Å²) in [6.07, 6.45) is 0. The molecule has 17 heavy (non-hydrogen) atoms. The van der Waals surface area contributed by atoms with E-state index in [4.69, 9.17) is 10.8 Å². The zero-order chi connectivity index (χ0) is 12.0. The molecule has 96 valence electrons. The Balaban J connectivity index is 0.00000144. The van der Waals surface area contributed by atoms with Crippen molar-refractivity contribution in [2.45, 2.75) is 11.4 Å². The van der Waals surface area contributed by atoms with Gasteiger partial charge in [-0.25, -0.2) is 4.79 Å². The van der Waals surface area contributed by atoms with E-state index < -0.39 is 34.5 Å². The summed E-state index contributed by atoms with van der Waals surface area (Å²) in [6.45, 7) is 0. The van der Waals surface area contributed by atoms with Crippen LogP contribution in [-0.2, 0) is 20.8 Å². The van der Waals surface area contributed by atoms with Crippen molar-refractivity contribution >= 4 is 56.0 Å². The van der Waals surface area contributed by atoms with Gasteiger partial charge in [0.05, 0.1) is 0 Å². The molecule has 0 aromatic heterocycles. The molecule has 1 fully saturated rings. The number of amides is 1. The highest BCUT2D eigenvalue weighted by atomic mass is 79.9. The van der Waals surface area contributed by atoms with Crippen molar-refractivity contribution in [3.63, 3.8) is 0 Å². The van der Waals surface area contributed by atoms with Gasteiger partial charge in [0.15, 0.2) is 6.04 Å². The topological polar surface area (TPSA) is 107 Å². The second kappa shape index (κ2) is 5.27. The molecule has 0 bridgehead atoms. The molecule has 3 N–H and O–H groups in total. The number of carboxylic acid groups (broad SMARTS) is 1. The molecule has 0 saturated carbocycles. The van der Waals surface area contributed by atoms with E-state index in [2.05, 4.69) is 15.9 Å². The molecule has 2 aliphatic heterocycles. The van der Waals surface area contributed by atoms with Gasteiger partial charge < -0.3 is 15.4 Å². The van der Waals surface area contributed by atoms with Gasteiger partial charge >= 0.3 is 5.97 Å². The van der Waals surface area contributed by atoms with Gasteiger partial charge in [0.2, 0.25) is 5.37 Å². The van der Waals surface area contributed by atoms with Crippen LogP contribution in [0.3, 0.4) is 0 Å². The lowest BCUT2D eigenvalue weighted by Gasteiger charge is -2.47. The van der Waals surface area contributed by atoms with Crippen LogP contribution < -0.4 is 5.73 Å². The molecular weight excluding hydrogens is 380 g/mol. The van der Waals surface area contributed by atoms with E-state index in [9.17, 15) is 14.1 Å². The quantitative estimate of drug-likeness (QED) is 0.378. The summed E-state index contributed by atoms with van der Waals surface area (Å²) in [4.78, 5) is 23.6. The predicted molar refractivity (Wildman–Crippen MR) is 70.4 cm³/mol. The zero-order valence-corrected chi connectivity index (χ0v) is 12.6. The minimum Gasteiger partial charge on any atom is -0.614 e. The van der Waals surface area contributed by atoms with Gasteiger partial charge in [-0.05, 0) is 11.2 Å². The van der Waals surface area contributed by atoms with Gasteiger partial charge in [-0.1, -0.05) is 15.9 Å². The van der Waals surface area contributed by atoms with E-state index in [-0.39, 0.29) is 33.8 Å². The molecule has 2 aliphatic rings. The number of halogens is 2. The second-order valence-electron chi connectivity index (χ2n) is 3.54. The van der Waals surface area contributed by atoms with Crippen molar-refractivity contribution in [3.8, 4) is 0 Å². The Kier molecular flexibility index (Phi) is 4.64. The summed E-state index contributed by atoms with van der Waals surface area (Å²) in [5.74, 6) is -1.51. The van der Waals surface area contributed by atoms with Crippen LogP contribution in [0.5, 0.6) is 0 Å². The lowest BCUT2D eigenvalue weighted by Crippen LogP contribution is -2.73. The maximum atomic E-state index is 11.7. The first-order valence-electron chi connectivity index (χ1n) is 4.46. The van der Waals surface area contributed by atoms with Gasteiger partial charge in [-0.2, -0.15) is 0 Å². The van der Waals surface area contributed by atoms with E-state index in [1.54, 1.807) is 0 Å². The summed E-state index contributed by atoms with van der Waals surface area (Å²) in [5.41, 5.74) is 5.89. The summed E-state index contributed by atoms with van der Waals surface area (Å²) >= 11 is 1.81. The molecule has 2 heterocycles. The van der Waals surface area contributed by atoms with Gasteiger partial charge in [-0.3, -0.25) is 9.69 Å². The van der Waals surface area contributed by atoms with Crippen molar-refractivity contribution in [3.05, 3.63) is 11.3 Å². The fraction of sp³-hybridized carbons (Fsp3) is 0.500. The average molecular weight is 390 g/mol. The first-order valence-corrected chi connectivity index (χ1v) is 6.96. The van der Waals surface area contributed by atoms with Crippen LogP contribution >= 0.6 is 32.9 Å². The van der Waals surface area contributed by atoms with Crippen molar-refractivity contribution in [2.75, 3.05) is 11.1 Å². The molecule has 0 aliphatic carbocycles. The molecule has 1 saturated heterocycles. The number of hydrogen-bond donors (Lipinski definition) is 2. The Morgan fingerprint density at radius 1 is 1.71 bits per heavy atom. The molecule has 6 nitrogen and oxygen atoms in total. The molecule has 9 heteroatoms. The summed E-state index contributed by atoms with van der Waals surface area (Å²) in [5, 5.41) is 8.64. The van der Waals surface area contributed by atoms with Crippen LogP contribution in [0.4, 0.5) is 0 Å². The smallest absolute Gasteiger partial charge is 0.352 e. The van der Waals surface area contributed by atoms with Crippen molar-refractivity contribution < 1.29 is 19.2 Å². The largest absolute Gasteiger partial charge is 0.614 e. The fourth-order valence-corrected chi connectivity index (χ4v) is 4.22. The van der Waals surface area contributed by atoms with Gasteiger partial charge in [0.25, 0.3) is 5.91 Å².